The minimum absolute atomic E-state index is 0.0241. The number of nitrogens with zero attached hydrogens (tertiary/aromatic N) is 7. The number of amides is 1. The highest BCUT2D eigenvalue weighted by molar-refractivity contribution is 7.99. The standard InChI is InChI=1S/C29H26N8O3S/c38-26(32-24-12-6-7-13-25(24)37(39)40)18-41-29-34-33-27(36(29)21-8-2-1-3-9-21)20-14-16-35(17-15-20)28-22-10-4-5-11-23(22)30-19-31-28/h1-13,19-20H,14-18H2,(H,32,38). The average molecular weight is 567 g/mol. The van der Waals surface area contributed by atoms with E-state index in [1.807, 2.05) is 53.1 Å². The van der Waals surface area contributed by atoms with Crippen molar-refractivity contribution in [2.45, 2.75) is 23.9 Å². The summed E-state index contributed by atoms with van der Waals surface area (Å²) in [7, 11) is 0. The Kier molecular flexibility index (Phi) is 7.54. The maximum atomic E-state index is 12.8. The average Bonchev–Trinajstić information content (AvgIpc) is 3.44. The van der Waals surface area contributed by atoms with Gasteiger partial charge in [0.15, 0.2) is 5.16 Å². The highest BCUT2D eigenvalue weighted by atomic mass is 32.2. The third-order valence-corrected chi connectivity index (χ3v) is 7.99. The molecule has 206 valence electrons. The smallest absolute Gasteiger partial charge is 0.292 e. The summed E-state index contributed by atoms with van der Waals surface area (Å²) in [6, 6.07) is 24.0. The van der Waals surface area contributed by atoms with Crippen LogP contribution in [0.3, 0.4) is 0 Å². The van der Waals surface area contributed by atoms with Gasteiger partial charge in [0.1, 0.15) is 23.7 Å². The minimum Gasteiger partial charge on any atom is -0.356 e. The molecule has 1 saturated heterocycles. The Morgan fingerprint density at radius 3 is 2.49 bits per heavy atom. The number of carbonyl (C=O) groups is 1. The minimum atomic E-state index is -0.514. The van der Waals surface area contributed by atoms with Gasteiger partial charge in [-0.2, -0.15) is 0 Å². The third kappa shape index (κ3) is 5.59. The van der Waals surface area contributed by atoms with E-state index < -0.39 is 4.92 Å². The first-order valence-corrected chi connectivity index (χ1v) is 14.2. The van der Waals surface area contributed by atoms with Crippen LogP contribution >= 0.6 is 11.8 Å². The Labute approximate surface area is 239 Å². The van der Waals surface area contributed by atoms with Crippen molar-refractivity contribution in [3.8, 4) is 5.69 Å². The molecule has 1 amide bonds. The van der Waals surface area contributed by atoms with Crippen molar-refractivity contribution in [3.05, 3.63) is 101 Å². The van der Waals surface area contributed by atoms with Crippen molar-refractivity contribution < 1.29 is 9.72 Å². The number of carbonyl (C=O) groups excluding carboxylic acids is 1. The Morgan fingerprint density at radius 1 is 0.951 bits per heavy atom. The topological polar surface area (TPSA) is 132 Å². The fourth-order valence-corrected chi connectivity index (χ4v) is 5.86. The SMILES string of the molecule is O=C(CSc1nnc(C2CCN(c3ncnc4ccccc34)CC2)n1-c1ccccc1)Nc1ccccc1[N+](=O)[O-]. The summed E-state index contributed by atoms with van der Waals surface area (Å²) in [5.41, 5.74) is 1.85. The molecule has 1 aliphatic rings. The number of benzene rings is 3. The molecule has 0 bridgehead atoms. The number of thioether (sulfide) groups is 1. The predicted octanol–water partition coefficient (Wildman–Crippen LogP) is 5.23. The second-order valence-corrected chi connectivity index (χ2v) is 10.5. The van der Waals surface area contributed by atoms with Crippen molar-refractivity contribution in [2.75, 3.05) is 29.1 Å². The van der Waals surface area contributed by atoms with E-state index in [0.717, 1.165) is 54.2 Å². The molecule has 6 rings (SSSR count). The van der Waals surface area contributed by atoms with E-state index in [4.69, 9.17) is 0 Å². The number of anilines is 2. The van der Waals surface area contributed by atoms with Gasteiger partial charge in [-0.1, -0.05) is 54.2 Å². The van der Waals surface area contributed by atoms with Crippen LogP contribution in [0.25, 0.3) is 16.6 Å². The lowest BCUT2D eigenvalue weighted by Gasteiger charge is -2.33. The first kappa shape index (κ1) is 26.4. The van der Waals surface area contributed by atoms with Gasteiger partial charge in [0.05, 0.1) is 16.2 Å². The molecule has 5 aromatic rings. The van der Waals surface area contributed by atoms with Gasteiger partial charge in [0.25, 0.3) is 5.69 Å². The van der Waals surface area contributed by atoms with Gasteiger partial charge in [-0.25, -0.2) is 9.97 Å². The van der Waals surface area contributed by atoms with Crippen molar-refractivity contribution in [1.82, 2.24) is 24.7 Å². The summed E-state index contributed by atoms with van der Waals surface area (Å²) in [5, 5.41) is 24.6. The number of fused-ring (bicyclic) bond motifs is 1. The fraction of sp³-hybridized carbons (Fsp3) is 0.207. The lowest BCUT2D eigenvalue weighted by molar-refractivity contribution is -0.383. The summed E-state index contributed by atoms with van der Waals surface area (Å²) in [4.78, 5) is 34.8. The number of aromatic nitrogens is 5. The molecule has 1 fully saturated rings. The number of nitro benzene ring substituents is 1. The van der Waals surface area contributed by atoms with Gasteiger partial charge in [0, 0.05) is 36.1 Å². The van der Waals surface area contributed by atoms with Crippen molar-refractivity contribution in [3.63, 3.8) is 0 Å². The number of hydrogen-bond acceptors (Lipinski definition) is 9. The normalized spacial score (nSPS) is 13.8. The van der Waals surface area contributed by atoms with Crippen molar-refractivity contribution in [1.29, 1.82) is 0 Å². The van der Waals surface area contributed by atoms with Gasteiger partial charge in [-0.15, -0.1) is 10.2 Å². The molecule has 0 unspecified atom stereocenters. The fourth-order valence-electron chi connectivity index (χ4n) is 5.11. The maximum absolute atomic E-state index is 12.8. The van der Waals surface area contributed by atoms with Crippen molar-refractivity contribution in [2.24, 2.45) is 0 Å². The molecular formula is C29H26N8O3S. The van der Waals surface area contributed by atoms with Crippen LogP contribution in [0.4, 0.5) is 17.2 Å². The molecule has 3 heterocycles. The van der Waals surface area contributed by atoms with Gasteiger partial charge in [0.2, 0.25) is 5.91 Å². The van der Waals surface area contributed by atoms with Crippen LogP contribution in [-0.2, 0) is 4.79 Å². The second kappa shape index (κ2) is 11.7. The van der Waals surface area contributed by atoms with Crippen LogP contribution in [-0.4, -0.2) is 54.4 Å². The summed E-state index contributed by atoms with van der Waals surface area (Å²) >= 11 is 1.25. The number of piperidine rings is 1. The molecule has 0 saturated carbocycles. The predicted molar refractivity (Wildman–Crippen MR) is 158 cm³/mol. The molecule has 2 aromatic heterocycles. The second-order valence-electron chi connectivity index (χ2n) is 9.60. The molecular weight excluding hydrogens is 540 g/mol. The number of nitro groups is 1. The number of para-hydroxylation sites is 4. The Morgan fingerprint density at radius 2 is 1.68 bits per heavy atom. The molecule has 0 atom stereocenters. The summed E-state index contributed by atoms with van der Waals surface area (Å²) in [6.07, 6.45) is 3.35. The molecule has 1 aliphatic heterocycles. The van der Waals surface area contributed by atoms with Crippen LogP contribution in [0, 0.1) is 10.1 Å². The van der Waals surface area contributed by atoms with E-state index in [9.17, 15) is 14.9 Å². The molecule has 41 heavy (non-hydrogen) atoms. The Bertz CT molecular complexity index is 1700. The van der Waals surface area contributed by atoms with Gasteiger partial charge >= 0.3 is 0 Å². The lowest BCUT2D eigenvalue weighted by Crippen LogP contribution is -2.34. The number of rotatable bonds is 8. The van der Waals surface area contributed by atoms with Gasteiger partial charge in [-0.3, -0.25) is 19.5 Å². The first-order valence-electron chi connectivity index (χ1n) is 13.2. The van der Waals surface area contributed by atoms with E-state index in [0.29, 0.717) is 5.16 Å². The molecule has 11 nitrogen and oxygen atoms in total. The Balaban J connectivity index is 1.19. The van der Waals surface area contributed by atoms with Crippen molar-refractivity contribution >= 4 is 45.8 Å². The van der Waals surface area contributed by atoms with E-state index >= 15 is 0 Å². The lowest BCUT2D eigenvalue weighted by atomic mass is 9.95. The molecule has 0 radical (unpaired) electrons. The van der Waals surface area contributed by atoms with Crippen LogP contribution in [0.1, 0.15) is 24.6 Å². The van der Waals surface area contributed by atoms with E-state index in [1.54, 1.807) is 18.5 Å². The van der Waals surface area contributed by atoms with Gasteiger partial charge in [-0.05, 0) is 43.2 Å². The van der Waals surface area contributed by atoms with Gasteiger partial charge < -0.3 is 10.2 Å². The Hall–Kier alpha value is -4.84. The zero-order valence-corrected chi connectivity index (χ0v) is 22.8. The monoisotopic (exact) mass is 566 g/mol. The first-order chi connectivity index (χ1) is 20.1. The zero-order valence-electron chi connectivity index (χ0n) is 22.0. The van der Waals surface area contributed by atoms with E-state index in [-0.39, 0.29) is 29.0 Å². The molecule has 0 aliphatic carbocycles. The summed E-state index contributed by atoms with van der Waals surface area (Å²) < 4.78 is 2.02. The molecule has 3 aromatic carbocycles. The summed E-state index contributed by atoms with van der Waals surface area (Å²) in [6.45, 7) is 1.63. The van der Waals surface area contributed by atoms with Crippen LogP contribution in [0.15, 0.2) is 90.3 Å². The number of nitrogens with one attached hydrogen (secondary N) is 1. The molecule has 12 heteroatoms. The molecule has 0 spiro atoms. The van der Waals surface area contributed by atoms with Crippen LogP contribution in [0.2, 0.25) is 0 Å². The van der Waals surface area contributed by atoms with E-state index in [1.165, 1.54) is 23.9 Å². The maximum Gasteiger partial charge on any atom is 0.292 e. The number of hydrogen-bond donors (Lipinski definition) is 1. The quantitative estimate of drug-likeness (QED) is 0.152. The molecule has 1 N–H and O–H groups in total. The van der Waals surface area contributed by atoms with E-state index in [2.05, 4.69) is 36.4 Å². The van der Waals surface area contributed by atoms with Crippen LogP contribution < -0.4 is 10.2 Å². The largest absolute Gasteiger partial charge is 0.356 e. The third-order valence-electron chi connectivity index (χ3n) is 7.06. The van der Waals surface area contributed by atoms with Crippen LogP contribution in [0.5, 0.6) is 0 Å². The highest BCUT2D eigenvalue weighted by Gasteiger charge is 2.28. The highest BCUT2D eigenvalue weighted by Crippen LogP contribution is 2.34. The zero-order chi connectivity index (χ0) is 28.2. The summed E-state index contributed by atoms with van der Waals surface area (Å²) in [5.74, 6) is 1.63.